The van der Waals surface area contributed by atoms with Gasteiger partial charge >= 0.3 is 0 Å². The maximum Gasteiger partial charge on any atom is 0.228 e. The molecule has 2 heterocycles. The molecule has 116 valence electrons. The zero-order valence-electron chi connectivity index (χ0n) is 11.8. The molecular weight excluding hydrogens is 314 g/mol. The van der Waals surface area contributed by atoms with Crippen molar-refractivity contribution in [3.8, 4) is 0 Å². The van der Waals surface area contributed by atoms with Crippen molar-refractivity contribution in [1.29, 1.82) is 0 Å². The van der Waals surface area contributed by atoms with Gasteiger partial charge in [-0.05, 0) is 31.9 Å². The second kappa shape index (κ2) is 6.72. The van der Waals surface area contributed by atoms with Gasteiger partial charge in [-0.3, -0.25) is 4.79 Å². The van der Waals surface area contributed by atoms with Crippen LogP contribution >= 0.6 is 11.6 Å². The van der Waals surface area contributed by atoms with Crippen LogP contribution in [0.25, 0.3) is 0 Å². The van der Waals surface area contributed by atoms with Crippen molar-refractivity contribution in [2.24, 2.45) is 5.92 Å². The van der Waals surface area contributed by atoms with E-state index in [4.69, 9.17) is 11.6 Å². The summed E-state index contributed by atoms with van der Waals surface area (Å²) in [6.07, 6.45) is 2.52. The first-order valence-electron chi connectivity index (χ1n) is 6.82. The van der Waals surface area contributed by atoms with Crippen LogP contribution in [0, 0.1) is 5.92 Å². The Balaban J connectivity index is 1.90. The molecule has 6 nitrogen and oxygen atoms in total. The second-order valence-corrected chi connectivity index (χ2v) is 7.62. The van der Waals surface area contributed by atoms with Gasteiger partial charge in [0.05, 0.1) is 10.8 Å². The zero-order chi connectivity index (χ0) is 15.5. The van der Waals surface area contributed by atoms with Gasteiger partial charge in [0.25, 0.3) is 0 Å². The van der Waals surface area contributed by atoms with E-state index in [2.05, 4.69) is 10.3 Å². The molecule has 1 amide bonds. The second-order valence-electron chi connectivity index (χ2n) is 4.92. The molecule has 0 radical (unpaired) electrons. The number of amides is 1. The lowest BCUT2D eigenvalue weighted by molar-refractivity contribution is -0.120. The van der Waals surface area contributed by atoms with Crippen molar-refractivity contribution in [1.82, 2.24) is 9.29 Å². The number of halogens is 1. The Morgan fingerprint density at radius 1 is 1.43 bits per heavy atom. The van der Waals surface area contributed by atoms with E-state index < -0.39 is 10.0 Å². The first-order chi connectivity index (χ1) is 9.92. The van der Waals surface area contributed by atoms with Crippen molar-refractivity contribution in [3.05, 3.63) is 23.4 Å². The summed E-state index contributed by atoms with van der Waals surface area (Å²) in [5, 5.41) is 3.24. The molecule has 8 heteroatoms. The predicted octanol–water partition coefficient (Wildman–Crippen LogP) is 1.74. The van der Waals surface area contributed by atoms with E-state index in [1.165, 1.54) is 10.5 Å². The average molecular weight is 332 g/mol. The number of rotatable bonds is 4. The lowest BCUT2D eigenvalue weighted by atomic mass is 9.97. The molecule has 0 atom stereocenters. The average Bonchev–Trinajstić information content (AvgIpc) is 2.49. The van der Waals surface area contributed by atoms with Gasteiger partial charge in [0, 0.05) is 25.2 Å². The van der Waals surface area contributed by atoms with Gasteiger partial charge in [0.15, 0.2) is 0 Å². The summed E-state index contributed by atoms with van der Waals surface area (Å²) in [7, 11) is -3.16. The molecular formula is C13H18ClN3O3S. The summed E-state index contributed by atoms with van der Waals surface area (Å²) < 4.78 is 25.0. The Morgan fingerprint density at radius 2 is 2.10 bits per heavy atom. The van der Waals surface area contributed by atoms with Crippen LogP contribution in [0.2, 0.25) is 5.02 Å². The fourth-order valence-electron chi connectivity index (χ4n) is 2.26. The van der Waals surface area contributed by atoms with Gasteiger partial charge in [-0.15, -0.1) is 0 Å². The number of carbonyl (C=O) groups excluding carboxylic acids is 1. The summed E-state index contributed by atoms with van der Waals surface area (Å²) in [5.74, 6) is 0.232. The molecule has 0 saturated carbocycles. The van der Waals surface area contributed by atoms with Gasteiger partial charge in [-0.25, -0.2) is 17.7 Å². The molecule has 1 aromatic heterocycles. The fraction of sp³-hybridized carbons (Fsp3) is 0.538. The third-order valence-corrected chi connectivity index (χ3v) is 5.67. The van der Waals surface area contributed by atoms with E-state index in [9.17, 15) is 13.2 Å². The summed E-state index contributed by atoms with van der Waals surface area (Å²) in [4.78, 5) is 16.1. The first-order valence-corrected chi connectivity index (χ1v) is 8.81. The normalized spacial score (nSPS) is 17.6. The number of aromatic nitrogens is 1. The largest absolute Gasteiger partial charge is 0.310 e. The summed E-state index contributed by atoms with van der Waals surface area (Å²) >= 11 is 5.73. The van der Waals surface area contributed by atoms with E-state index in [-0.39, 0.29) is 17.6 Å². The molecule has 1 aromatic rings. The van der Waals surface area contributed by atoms with Crippen LogP contribution in [0.15, 0.2) is 18.3 Å². The third kappa shape index (κ3) is 4.15. The van der Waals surface area contributed by atoms with Gasteiger partial charge in [-0.1, -0.05) is 11.6 Å². The molecule has 1 saturated heterocycles. The lowest BCUT2D eigenvalue weighted by Gasteiger charge is -2.30. The highest BCUT2D eigenvalue weighted by atomic mass is 35.5. The van der Waals surface area contributed by atoms with Crippen LogP contribution in [-0.2, 0) is 14.8 Å². The zero-order valence-corrected chi connectivity index (χ0v) is 13.3. The molecule has 2 rings (SSSR count). The summed E-state index contributed by atoms with van der Waals surface area (Å²) in [6.45, 7) is 2.41. The van der Waals surface area contributed by atoms with Crippen LogP contribution in [-0.4, -0.2) is 42.5 Å². The Morgan fingerprint density at radius 3 is 2.62 bits per heavy atom. The number of piperidine rings is 1. The smallest absolute Gasteiger partial charge is 0.228 e. The number of pyridine rings is 1. The summed E-state index contributed by atoms with van der Waals surface area (Å²) in [5.41, 5.74) is 0. The number of anilines is 1. The van der Waals surface area contributed by atoms with Crippen molar-refractivity contribution in [2.75, 3.05) is 24.2 Å². The highest BCUT2D eigenvalue weighted by molar-refractivity contribution is 7.89. The van der Waals surface area contributed by atoms with Crippen molar-refractivity contribution in [3.63, 3.8) is 0 Å². The number of nitrogens with zero attached hydrogens (tertiary/aromatic N) is 2. The number of hydrogen-bond donors (Lipinski definition) is 1. The van der Waals surface area contributed by atoms with Gasteiger partial charge in [0.2, 0.25) is 15.9 Å². The molecule has 21 heavy (non-hydrogen) atoms. The molecule has 0 spiro atoms. The van der Waals surface area contributed by atoms with Crippen LogP contribution in [0.5, 0.6) is 0 Å². The quantitative estimate of drug-likeness (QED) is 0.911. The Hall–Kier alpha value is -1.18. The third-order valence-electron chi connectivity index (χ3n) is 3.56. The lowest BCUT2D eigenvalue weighted by Crippen LogP contribution is -2.42. The van der Waals surface area contributed by atoms with E-state index in [1.54, 1.807) is 19.1 Å². The van der Waals surface area contributed by atoms with Crippen LogP contribution in [0.1, 0.15) is 19.8 Å². The molecule has 1 aliphatic heterocycles. The van der Waals surface area contributed by atoms with Crippen LogP contribution in [0.3, 0.4) is 0 Å². The SMILES string of the molecule is CCS(=O)(=O)N1CCC(C(=O)Nc2ccc(Cl)cn2)CC1. The van der Waals surface area contributed by atoms with Crippen LogP contribution in [0.4, 0.5) is 5.82 Å². The number of nitrogens with one attached hydrogen (secondary N) is 1. The minimum absolute atomic E-state index is 0.0958. The predicted molar refractivity (Wildman–Crippen MR) is 81.6 cm³/mol. The molecule has 1 N–H and O–H groups in total. The Labute approximate surface area is 129 Å². The van der Waals surface area contributed by atoms with E-state index >= 15 is 0 Å². The fourth-order valence-corrected chi connectivity index (χ4v) is 3.50. The highest BCUT2D eigenvalue weighted by Crippen LogP contribution is 2.21. The van der Waals surface area contributed by atoms with Crippen molar-refractivity contribution < 1.29 is 13.2 Å². The molecule has 1 fully saturated rings. The Bertz CT molecular complexity index is 596. The van der Waals surface area contributed by atoms with Gasteiger partial charge in [-0.2, -0.15) is 0 Å². The van der Waals surface area contributed by atoms with Crippen molar-refractivity contribution >= 4 is 33.3 Å². The van der Waals surface area contributed by atoms with E-state index in [1.807, 2.05) is 0 Å². The molecule has 0 unspecified atom stereocenters. The molecule has 1 aliphatic rings. The highest BCUT2D eigenvalue weighted by Gasteiger charge is 2.30. The van der Waals surface area contributed by atoms with Gasteiger partial charge in [0.1, 0.15) is 5.82 Å². The first kappa shape index (κ1) is 16.2. The monoisotopic (exact) mass is 331 g/mol. The molecule has 0 bridgehead atoms. The van der Waals surface area contributed by atoms with Crippen molar-refractivity contribution in [2.45, 2.75) is 19.8 Å². The number of sulfonamides is 1. The van der Waals surface area contributed by atoms with E-state index in [0.717, 1.165) is 0 Å². The van der Waals surface area contributed by atoms with E-state index in [0.29, 0.717) is 36.8 Å². The van der Waals surface area contributed by atoms with Gasteiger partial charge < -0.3 is 5.32 Å². The minimum atomic E-state index is -3.16. The maximum absolute atomic E-state index is 12.1. The number of carbonyl (C=O) groups is 1. The standard InChI is InChI=1S/C13H18ClN3O3S/c1-2-21(19,20)17-7-5-10(6-8-17)13(18)16-12-4-3-11(14)9-15-12/h3-4,9-10H,2,5-8H2,1H3,(H,15,16,18). The van der Waals surface area contributed by atoms with Crippen LogP contribution < -0.4 is 5.32 Å². The maximum atomic E-state index is 12.1. The number of hydrogen-bond acceptors (Lipinski definition) is 4. The summed E-state index contributed by atoms with van der Waals surface area (Å²) in [6, 6.07) is 3.29. The Kier molecular flexibility index (Phi) is 5.18. The topological polar surface area (TPSA) is 79.4 Å². The molecule has 0 aromatic carbocycles. The minimum Gasteiger partial charge on any atom is -0.310 e. The molecule has 0 aliphatic carbocycles.